The second-order valence-corrected chi connectivity index (χ2v) is 11.6. The van der Waals surface area contributed by atoms with Crippen LogP contribution in [0.15, 0.2) is 54.0 Å². The van der Waals surface area contributed by atoms with E-state index in [9.17, 15) is 14.4 Å². The van der Waals surface area contributed by atoms with Crippen molar-refractivity contribution in [1.29, 1.82) is 0 Å². The Morgan fingerprint density at radius 3 is 2.80 bits per heavy atom. The first-order valence-electron chi connectivity index (χ1n) is 14.2. The molecule has 2 fully saturated rings. The summed E-state index contributed by atoms with van der Waals surface area (Å²) >= 11 is 6.85. The van der Waals surface area contributed by atoms with Gasteiger partial charge in [0, 0.05) is 25.4 Å². The lowest BCUT2D eigenvalue weighted by Gasteiger charge is -2.35. The monoisotopic (exact) mass is 615 g/mol. The number of piperazine rings is 1. The van der Waals surface area contributed by atoms with Gasteiger partial charge in [-0.2, -0.15) is 4.98 Å². The number of hydrogen-bond acceptors (Lipinski definition) is 8. The molecule has 13 heteroatoms. The fraction of sp³-hybridized carbons (Fsp3) is 0.290. The van der Waals surface area contributed by atoms with Gasteiger partial charge in [0.05, 0.1) is 45.1 Å². The van der Waals surface area contributed by atoms with Gasteiger partial charge in [-0.05, 0) is 36.6 Å². The summed E-state index contributed by atoms with van der Waals surface area (Å²) in [5.74, 6) is -0.908. The van der Waals surface area contributed by atoms with Crippen molar-refractivity contribution in [3.63, 3.8) is 0 Å². The number of aromatic nitrogens is 4. The average Bonchev–Trinajstić information content (AvgIpc) is 3.80. The number of anilines is 2. The largest absolute Gasteiger partial charge is 0.481 e. The molecule has 5 heterocycles. The molecule has 7 rings (SSSR count). The summed E-state index contributed by atoms with van der Waals surface area (Å²) in [6.07, 6.45) is 3.56. The maximum atomic E-state index is 15.5. The molecule has 3 aromatic heterocycles. The molecule has 2 aliphatic heterocycles. The molecule has 44 heavy (non-hydrogen) atoms. The Morgan fingerprint density at radius 1 is 1.20 bits per heavy atom. The number of benzene rings is 1. The molecule has 11 nitrogen and oxygen atoms in total. The van der Waals surface area contributed by atoms with Crippen LogP contribution in [0.2, 0.25) is 5.02 Å². The minimum absolute atomic E-state index is 0.0278. The molecule has 4 aromatic rings. The van der Waals surface area contributed by atoms with E-state index in [1.54, 1.807) is 29.3 Å². The van der Waals surface area contributed by atoms with Gasteiger partial charge in [0.15, 0.2) is 12.3 Å². The molecular weight excluding hydrogens is 589 g/mol. The molecule has 1 aliphatic carbocycles. The number of carbonyl (C=O) groups excluding carboxylic acids is 2. The van der Waals surface area contributed by atoms with Gasteiger partial charge in [0.1, 0.15) is 23.1 Å². The number of ether oxygens (including phenoxy) is 1. The first-order chi connectivity index (χ1) is 21.2. The van der Waals surface area contributed by atoms with Gasteiger partial charge in [0.2, 0.25) is 5.91 Å². The Bertz CT molecular complexity index is 1960. The van der Waals surface area contributed by atoms with Crippen LogP contribution in [0.1, 0.15) is 31.9 Å². The van der Waals surface area contributed by atoms with Crippen molar-refractivity contribution in [1.82, 2.24) is 24.4 Å². The lowest BCUT2D eigenvalue weighted by molar-refractivity contribution is -0.127. The first kappa shape index (κ1) is 28.0. The summed E-state index contributed by atoms with van der Waals surface area (Å²) in [5.41, 5.74) is 0.471. The second kappa shape index (κ2) is 10.4. The minimum Gasteiger partial charge on any atom is -0.481 e. The molecule has 1 saturated carbocycles. The Labute approximate surface area is 255 Å². The van der Waals surface area contributed by atoms with Gasteiger partial charge in [0.25, 0.3) is 5.91 Å². The quantitative estimate of drug-likeness (QED) is 0.342. The standard InChI is InChI=1S/C31H27ClFN7O4/c1-4-24(42)38-10-11-39(21-13-20(21)38)29-16-12-17(32)27-25-18(33)6-5-7-19(25)35-23(41)14-44-22-8-9-34-26(15(2)3)28(22)40(30(16)36-27)31(43)37-29/h4-9,12,15,20-21H,1,10-11,13-14H2,2-3H3,(H,35,41)/t20-,21+/m0/s1. The summed E-state index contributed by atoms with van der Waals surface area (Å²) < 4.78 is 22.8. The van der Waals surface area contributed by atoms with Crippen molar-refractivity contribution in [2.75, 3.05) is 29.9 Å². The van der Waals surface area contributed by atoms with Crippen LogP contribution in [0.5, 0.6) is 5.75 Å². The predicted molar refractivity (Wildman–Crippen MR) is 163 cm³/mol. The number of carbonyl (C=O) groups is 2. The van der Waals surface area contributed by atoms with Crippen molar-refractivity contribution in [3.05, 3.63) is 76.2 Å². The van der Waals surface area contributed by atoms with Crippen LogP contribution >= 0.6 is 11.6 Å². The van der Waals surface area contributed by atoms with E-state index >= 15 is 4.39 Å². The summed E-state index contributed by atoms with van der Waals surface area (Å²) in [6.45, 7) is 7.87. The molecule has 3 aliphatic rings. The normalized spacial score (nSPS) is 18.9. The topological polar surface area (TPSA) is 123 Å². The highest BCUT2D eigenvalue weighted by Gasteiger charge is 2.51. The molecule has 2 bridgehead atoms. The van der Waals surface area contributed by atoms with Crippen LogP contribution in [0.3, 0.4) is 0 Å². The van der Waals surface area contributed by atoms with E-state index in [0.717, 1.165) is 0 Å². The van der Waals surface area contributed by atoms with E-state index in [1.807, 2.05) is 18.7 Å². The first-order valence-corrected chi connectivity index (χ1v) is 14.6. The smallest absolute Gasteiger partial charge is 0.356 e. The van der Waals surface area contributed by atoms with E-state index < -0.39 is 24.0 Å². The zero-order chi connectivity index (χ0) is 30.9. The maximum absolute atomic E-state index is 15.5. The van der Waals surface area contributed by atoms with E-state index in [0.29, 0.717) is 36.4 Å². The summed E-state index contributed by atoms with van der Waals surface area (Å²) in [6, 6.07) is 7.35. The van der Waals surface area contributed by atoms with E-state index in [2.05, 4.69) is 21.9 Å². The molecule has 0 spiro atoms. The highest BCUT2D eigenvalue weighted by molar-refractivity contribution is 6.34. The van der Waals surface area contributed by atoms with E-state index in [1.165, 1.54) is 22.8 Å². The Morgan fingerprint density at radius 2 is 2.02 bits per heavy atom. The predicted octanol–water partition coefficient (Wildman–Crippen LogP) is 4.07. The molecular formula is C31H27ClFN7O4. The zero-order valence-electron chi connectivity index (χ0n) is 23.9. The molecule has 224 valence electrons. The maximum Gasteiger partial charge on any atom is 0.356 e. The third-order valence-corrected chi connectivity index (χ3v) is 8.50. The number of fused-ring (bicyclic) bond motifs is 6. The third-order valence-electron chi connectivity index (χ3n) is 8.21. The van der Waals surface area contributed by atoms with Gasteiger partial charge in [-0.1, -0.05) is 38.1 Å². The van der Waals surface area contributed by atoms with Crippen molar-refractivity contribution >= 4 is 46.0 Å². The van der Waals surface area contributed by atoms with Gasteiger partial charge in [-0.25, -0.2) is 18.7 Å². The number of nitrogens with one attached hydrogen (secondary N) is 1. The van der Waals surface area contributed by atoms with Crippen molar-refractivity contribution < 1.29 is 18.7 Å². The van der Waals surface area contributed by atoms with E-state index in [-0.39, 0.29) is 63.0 Å². The number of pyridine rings is 2. The zero-order valence-corrected chi connectivity index (χ0v) is 24.6. The van der Waals surface area contributed by atoms with E-state index in [4.69, 9.17) is 21.3 Å². The highest BCUT2D eigenvalue weighted by Crippen LogP contribution is 2.43. The van der Waals surface area contributed by atoms with Crippen molar-refractivity contribution in [2.45, 2.75) is 38.3 Å². The molecule has 2 amide bonds. The van der Waals surface area contributed by atoms with Gasteiger partial charge < -0.3 is 19.9 Å². The average molecular weight is 616 g/mol. The molecule has 2 atom stereocenters. The van der Waals surface area contributed by atoms with Crippen LogP contribution < -0.4 is 20.6 Å². The second-order valence-electron chi connectivity index (χ2n) is 11.2. The minimum atomic E-state index is -0.662. The highest BCUT2D eigenvalue weighted by atomic mass is 35.5. The lowest BCUT2D eigenvalue weighted by atomic mass is 10.1. The summed E-state index contributed by atoms with van der Waals surface area (Å²) in [5, 5.41) is 3.26. The van der Waals surface area contributed by atoms with Crippen LogP contribution in [-0.2, 0) is 9.59 Å². The van der Waals surface area contributed by atoms with Gasteiger partial charge in [-0.15, -0.1) is 0 Å². The summed E-state index contributed by atoms with van der Waals surface area (Å²) in [4.78, 5) is 57.2. The summed E-state index contributed by atoms with van der Waals surface area (Å²) in [7, 11) is 0. The third kappa shape index (κ3) is 4.39. The lowest BCUT2D eigenvalue weighted by Crippen LogP contribution is -2.49. The van der Waals surface area contributed by atoms with Crippen molar-refractivity contribution in [3.8, 4) is 22.7 Å². The Hall–Kier alpha value is -4.84. The van der Waals surface area contributed by atoms with Crippen LogP contribution in [0.4, 0.5) is 15.9 Å². The number of nitrogens with zero attached hydrogens (tertiary/aromatic N) is 6. The Kier molecular flexibility index (Phi) is 6.61. The molecule has 1 N–H and O–H groups in total. The number of amides is 2. The fourth-order valence-electron chi connectivity index (χ4n) is 6.15. The van der Waals surface area contributed by atoms with Gasteiger partial charge in [-0.3, -0.25) is 14.6 Å². The number of halogens is 2. The molecule has 0 radical (unpaired) electrons. The van der Waals surface area contributed by atoms with Crippen LogP contribution in [0.25, 0.3) is 28.0 Å². The Balaban J connectivity index is 1.54. The van der Waals surface area contributed by atoms with Gasteiger partial charge >= 0.3 is 5.69 Å². The fourth-order valence-corrected chi connectivity index (χ4v) is 6.40. The van der Waals surface area contributed by atoms with Crippen LogP contribution in [0, 0.1) is 5.82 Å². The van der Waals surface area contributed by atoms with Crippen molar-refractivity contribution in [2.24, 2.45) is 0 Å². The number of hydrogen-bond donors (Lipinski definition) is 1. The SMILES string of the molecule is C=CC(=O)N1CCN(c2nc(=O)n3c4nc(c(Cl)cc24)-c2c(F)cccc2NC(=O)COc2ccnc(C(C)C)c2-3)[C@@H]2C[C@@H]21. The molecule has 1 saturated heterocycles. The number of rotatable bonds is 3. The van der Waals surface area contributed by atoms with Crippen LogP contribution in [-0.4, -0.2) is 68.0 Å². The molecule has 1 aromatic carbocycles. The molecule has 0 unspecified atom stereocenters.